The van der Waals surface area contributed by atoms with Crippen LogP contribution in [0.3, 0.4) is 0 Å². The molecule has 0 saturated heterocycles. The molecule has 0 bridgehead atoms. The first-order chi connectivity index (χ1) is 11.8. The molecule has 2 aromatic rings. The Morgan fingerprint density at radius 1 is 0.880 bits per heavy atom. The Bertz CT molecular complexity index is 627. The van der Waals surface area contributed by atoms with Gasteiger partial charge in [0.2, 0.25) is 0 Å². The van der Waals surface area contributed by atoms with E-state index < -0.39 is 0 Å². The quantitative estimate of drug-likeness (QED) is 0.517. The molecule has 0 radical (unpaired) electrons. The van der Waals surface area contributed by atoms with Crippen molar-refractivity contribution in [1.82, 2.24) is 0 Å². The van der Waals surface area contributed by atoms with E-state index in [9.17, 15) is 0 Å². The summed E-state index contributed by atoms with van der Waals surface area (Å²) in [6.45, 7) is 12.2. The van der Waals surface area contributed by atoms with Gasteiger partial charge in [-0.25, -0.2) is 0 Å². The normalized spacial score (nSPS) is 13.3. The predicted octanol–water partition coefficient (Wildman–Crippen LogP) is 5.34. The minimum Gasteiger partial charge on any atom is -0.320 e. The molecular weight excluding hydrogens is 308 g/mol. The van der Waals surface area contributed by atoms with Crippen LogP contribution in [0.5, 0.6) is 0 Å². The molecule has 1 N–H and O–H groups in total. The molecule has 2 aromatic carbocycles. The van der Waals surface area contributed by atoms with Gasteiger partial charge in [-0.1, -0.05) is 48.0 Å². The predicted molar refractivity (Wildman–Crippen MR) is 106 cm³/mol. The molecular formula is C22H33N2O+. The molecule has 2 rings (SSSR count). The topological polar surface area (TPSA) is 21.3 Å². The van der Waals surface area contributed by atoms with E-state index in [0.717, 1.165) is 16.7 Å². The van der Waals surface area contributed by atoms with Gasteiger partial charge < -0.3 is 4.48 Å². The van der Waals surface area contributed by atoms with Crippen molar-refractivity contribution in [2.45, 2.75) is 52.8 Å². The van der Waals surface area contributed by atoms with Crippen molar-refractivity contribution in [2.24, 2.45) is 0 Å². The van der Waals surface area contributed by atoms with E-state index in [2.05, 4.69) is 71.4 Å². The summed E-state index contributed by atoms with van der Waals surface area (Å²) in [5, 5.41) is 0. The highest BCUT2D eigenvalue weighted by atomic mass is 16.7. The first-order valence-electron chi connectivity index (χ1n) is 9.21. The van der Waals surface area contributed by atoms with Crippen LogP contribution in [0.1, 0.15) is 44.9 Å². The Labute approximate surface area is 153 Å². The third-order valence-electron chi connectivity index (χ3n) is 5.46. The molecule has 0 amide bonds. The molecule has 0 aliphatic carbocycles. The lowest BCUT2D eigenvalue weighted by molar-refractivity contribution is -0.952. The van der Waals surface area contributed by atoms with Crippen LogP contribution in [0.15, 0.2) is 54.6 Å². The molecule has 3 nitrogen and oxygen atoms in total. The van der Waals surface area contributed by atoms with Crippen molar-refractivity contribution in [3.63, 3.8) is 0 Å². The summed E-state index contributed by atoms with van der Waals surface area (Å²) in [4.78, 5) is 6.18. The zero-order valence-electron chi connectivity index (χ0n) is 16.5. The lowest BCUT2D eigenvalue weighted by Gasteiger charge is -2.44. The second-order valence-corrected chi connectivity index (χ2v) is 7.70. The number of nitrogens with zero attached hydrogens (tertiary/aromatic N) is 1. The molecule has 25 heavy (non-hydrogen) atoms. The van der Waals surface area contributed by atoms with Gasteiger partial charge in [-0.3, -0.25) is 10.3 Å². The Balaban J connectivity index is 2.23. The highest BCUT2D eigenvalue weighted by molar-refractivity contribution is 5.40. The standard InChI is InChI=1S/C22H33N2O/c1-17(2)24(6,18(3)4)16-22(20-14-12-19(5)13-15-20)25-23-21-10-8-7-9-11-21/h7-15,17-18,22-23H,16H2,1-6H3/q+1. The van der Waals surface area contributed by atoms with E-state index >= 15 is 0 Å². The highest BCUT2D eigenvalue weighted by Crippen LogP contribution is 2.27. The van der Waals surface area contributed by atoms with Gasteiger partial charge >= 0.3 is 0 Å². The van der Waals surface area contributed by atoms with Crippen LogP contribution >= 0.6 is 0 Å². The van der Waals surface area contributed by atoms with Crippen molar-refractivity contribution in [2.75, 3.05) is 19.1 Å². The molecule has 3 heteroatoms. The largest absolute Gasteiger partial charge is 0.320 e. The zero-order valence-corrected chi connectivity index (χ0v) is 16.5. The van der Waals surface area contributed by atoms with Crippen molar-refractivity contribution in [3.05, 3.63) is 65.7 Å². The van der Waals surface area contributed by atoms with E-state index in [0.29, 0.717) is 12.1 Å². The molecule has 1 atom stereocenters. The van der Waals surface area contributed by atoms with Crippen molar-refractivity contribution in [1.29, 1.82) is 0 Å². The summed E-state index contributed by atoms with van der Waals surface area (Å²) >= 11 is 0. The second-order valence-electron chi connectivity index (χ2n) is 7.70. The fourth-order valence-corrected chi connectivity index (χ4v) is 3.01. The highest BCUT2D eigenvalue weighted by Gasteiger charge is 2.34. The minimum absolute atomic E-state index is 0.0180. The summed E-state index contributed by atoms with van der Waals surface area (Å²) in [5.74, 6) is 0. The molecule has 0 saturated carbocycles. The van der Waals surface area contributed by atoms with Crippen LogP contribution in [0.25, 0.3) is 0 Å². The smallest absolute Gasteiger partial charge is 0.159 e. The van der Waals surface area contributed by atoms with Crippen LogP contribution in [-0.2, 0) is 4.84 Å². The van der Waals surface area contributed by atoms with Crippen LogP contribution < -0.4 is 5.48 Å². The summed E-state index contributed by atoms with van der Waals surface area (Å²) < 4.78 is 0.953. The maximum Gasteiger partial charge on any atom is 0.159 e. The van der Waals surface area contributed by atoms with Gasteiger partial charge in [-0.05, 0) is 52.3 Å². The van der Waals surface area contributed by atoms with E-state index in [1.165, 1.54) is 11.1 Å². The maximum atomic E-state index is 6.18. The van der Waals surface area contributed by atoms with Crippen molar-refractivity contribution in [3.8, 4) is 0 Å². The van der Waals surface area contributed by atoms with E-state index in [-0.39, 0.29) is 6.10 Å². The fraction of sp³-hybridized carbons (Fsp3) is 0.455. The third kappa shape index (κ3) is 5.07. The minimum atomic E-state index is -0.0180. The second kappa shape index (κ2) is 8.50. The number of aryl methyl sites for hydroxylation is 1. The summed E-state index contributed by atoms with van der Waals surface area (Å²) in [6, 6.07) is 19.8. The number of anilines is 1. The fourth-order valence-electron chi connectivity index (χ4n) is 3.01. The van der Waals surface area contributed by atoms with Crippen LogP contribution in [0, 0.1) is 6.92 Å². The van der Waals surface area contributed by atoms with Gasteiger partial charge in [-0.15, -0.1) is 0 Å². The Morgan fingerprint density at radius 3 is 1.96 bits per heavy atom. The van der Waals surface area contributed by atoms with Gasteiger partial charge in [0.25, 0.3) is 0 Å². The number of benzene rings is 2. The number of nitrogens with one attached hydrogen (secondary N) is 1. The average Bonchev–Trinajstić information content (AvgIpc) is 2.59. The monoisotopic (exact) mass is 341 g/mol. The van der Waals surface area contributed by atoms with Crippen LogP contribution in [-0.4, -0.2) is 30.2 Å². The molecule has 0 aliphatic rings. The van der Waals surface area contributed by atoms with Crippen LogP contribution in [0.2, 0.25) is 0 Å². The van der Waals surface area contributed by atoms with Gasteiger partial charge in [0.15, 0.2) is 6.10 Å². The van der Waals surface area contributed by atoms with Gasteiger partial charge in [-0.2, -0.15) is 0 Å². The number of para-hydroxylation sites is 1. The molecule has 0 fully saturated rings. The summed E-state index contributed by atoms with van der Waals surface area (Å²) in [7, 11) is 2.32. The summed E-state index contributed by atoms with van der Waals surface area (Å²) in [6.07, 6.45) is -0.0180. The summed E-state index contributed by atoms with van der Waals surface area (Å²) in [5.41, 5.74) is 6.60. The Kier molecular flexibility index (Phi) is 6.63. The van der Waals surface area contributed by atoms with Crippen molar-refractivity contribution < 1.29 is 9.32 Å². The lowest BCUT2D eigenvalue weighted by Crippen LogP contribution is -2.56. The molecule has 0 heterocycles. The average molecular weight is 342 g/mol. The molecule has 0 aliphatic heterocycles. The Hall–Kier alpha value is -1.84. The van der Waals surface area contributed by atoms with Gasteiger partial charge in [0.1, 0.15) is 6.54 Å². The number of hydrogen-bond acceptors (Lipinski definition) is 2. The molecule has 0 aromatic heterocycles. The van der Waals surface area contributed by atoms with E-state index in [4.69, 9.17) is 4.84 Å². The molecule has 1 unspecified atom stereocenters. The zero-order chi connectivity index (χ0) is 18.4. The SMILES string of the molecule is Cc1ccc(C(C[N+](C)(C(C)C)C(C)C)ONc2ccccc2)cc1. The first kappa shape index (κ1) is 19.5. The van der Waals surface area contributed by atoms with Crippen molar-refractivity contribution >= 4 is 5.69 Å². The number of quaternary nitrogens is 1. The van der Waals surface area contributed by atoms with E-state index in [1.54, 1.807) is 0 Å². The maximum absolute atomic E-state index is 6.18. The lowest BCUT2D eigenvalue weighted by atomic mass is 10.0. The number of likely N-dealkylation sites (N-methyl/N-ethyl adjacent to an activating group) is 1. The third-order valence-corrected chi connectivity index (χ3v) is 5.46. The van der Waals surface area contributed by atoms with Gasteiger partial charge in [0.05, 0.1) is 24.8 Å². The number of hydrogen-bond donors (Lipinski definition) is 1. The number of rotatable bonds is 8. The van der Waals surface area contributed by atoms with Crippen LogP contribution in [0.4, 0.5) is 5.69 Å². The van der Waals surface area contributed by atoms with E-state index in [1.807, 2.05) is 30.3 Å². The molecule has 136 valence electrons. The molecule has 0 spiro atoms. The Morgan fingerprint density at radius 2 is 1.44 bits per heavy atom. The van der Waals surface area contributed by atoms with Gasteiger partial charge in [0, 0.05) is 0 Å². The first-order valence-corrected chi connectivity index (χ1v) is 9.21.